The monoisotopic (exact) mass is 394 g/mol. The number of rotatable bonds is 6. The standard InChI is InChI=1S/C20H22N6O3/c1-14-11-17(24-29-14)23-19-18(26(27)28)20(22-13-21-19)25-9-7-16(8-10-25)12-15-5-3-2-4-6-15/h2-6,11,13,16H,7-10,12H2,1H3,(H,21,22,23,24). The Morgan fingerprint density at radius 3 is 2.66 bits per heavy atom. The summed E-state index contributed by atoms with van der Waals surface area (Å²) in [4.78, 5) is 21.6. The van der Waals surface area contributed by atoms with Gasteiger partial charge in [0.25, 0.3) is 0 Å². The molecule has 0 unspecified atom stereocenters. The van der Waals surface area contributed by atoms with Crippen molar-refractivity contribution >= 4 is 23.1 Å². The average molecular weight is 394 g/mol. The molecule has 3 aromatic rings. The van der Waals surface area contributed by atoms with Crippen LogP contribution in [-0.4, -0.2) is 33.1 Å². The Bertz CT molecular complexity index is 983. The number of nitrogens with zero attached hydrogens (tertiary/aromatic N) is 5. The summed E-state index contributed by atoms with van der Waals surface area (Å²) in [6.07, 6.45) is 4.29. The molecule has 0 radical (unpaired) electrons. The summed E-state index contributed by atoms with van der Waals surface area (Å²) in [7, 11) is 0. The molecule has 9 heteroatoms. The third kappa shape index (κ3) is 4.34. The maximum absolute atomic E-state index is 11.8. The highest BCUT2D eigenvalue weighted by molar-refractivity contribution is 5.73. The number of hydrogen-bond donors (Lipinski definition) is 1. The van der Waals surface area contributed by atoms with Gasteiger partial charge in [-0.15, -0.1) is 0 Å². The van der Waals surface area contributed by atoms with E-state index < -0.39 is 4.92 Å². The smallest absolute Gasteiger partial charge is 0.353 e. The Labute approximate surface area is 167 Å². The van der Waals surface area contributed by atoms with E-state index >= 15 is 0 Å². The second-order valence-electron chi connectivity index (χ2n) is 7.22. The summed E-state index contributed by atoms with van der Waals surface area (Å²) in [5.74, 6) is 1.98. The molecular formula is C20H22N6O3. The number of nitrogens with one attached hydrogen (secondary N) is 1. The van der Waals surface area contributed by atoms with Crippen LogP contribution in [0.2, 0.25) is 0 Å². The average Bonchev–Trinajstić information content (AvgIpc) is 3.13. The molecule has 150 valence electrons. The third-order valence-corrected chi connectivity index (χ3v) is 5.14. The predicted molar refractivity (Wildman–Crippen MR) is 108 cm³/mol. The van der Waals surface area contributed by atoms with E-state index in [-0.39, 0.29) is 11.5 Å². The van der Waals surface area contributed by atoms with Gasteiger partial charge < -0.3 is 14.7 Å². The largest absolute Gasteiger partial charge is 0.360 e. The minimum atomic E-state index is -0.444. The van der Waals surface area contributed by atoms with Crippen LogP contribution in [0.4, 0.5) is 23.1 Å². The van der Waals surface area contributed by atoms with Crippen LogP contribution in [0.5, 0.6) is 0 Å². The zero-order chi connectivity index (χ0) is 20.2. The van der Waals surface area contributed by atoms with Crippen molar-refractivity contribution in [1.29, 1.82) is 0 Å². The van der Waals surface area contributed by atoms with Crippen molar-refractivity contribution in [2.45, 2.75) is 26.2 Å². The molecule has 4 rings (SSSR count). The van der Waals surface area contributed by atoms with E-state index in [4.69, 9.17) is 4.52 Å². The number of anilines is 3. The molecule has 9 nitrogen and oxygen atoms in total. The highest BCUT2D eigenvalue weighted by Gasteiger charge is 2.30. The molecule has 0 saturated carbocycles. The van der Waals surface area contributed by atoms with E-state index in [1.165, 1.54) is 11.9 Å². The summed E-state index contributed by atoms with van der Waals surface area (Å²) in [6.45, 7) is 3.19. The normalized spacial score (nSPS) is 14.7. The van der Waals surface area contributed by atoms with Gasteiger partial charge in [-0.3, -0.25) is 10.1 Å². The Hall–Kier alpha value is -3.49. The Morgan fingerprint density at radius 2 is 2.00 bits per heavy atom. The summed E-state index contributed by atoms with van der Waals surface area (Å²) < 4.78 is 5.01. The second kappa shape index (κ2) is 8.26. The molecule has 29 heavy (non-hydrogen) atoms. The van der Waals surface area contributed by atoms with Crippen molar-refractivity contribution < 1.29 is 9.45 Å². The van der Waals surface area contributed by atoms with Crippen LogP contribution in [0, 0.1) is 23.0 Å². The second-order valence-corrected chi connectivity index (χ2v) is 7.22. The van der Waals surface area contributed by atoms with Crippen LogP contribution >= 0.6 is 0 Å². The van der Waals surface area contributed by atoms with Crippen LogP contribution in [-0.2, 0) is 6.42 Å². The number of hydrogen-bond acceptors (Lipinski definition) is 8. The molecule has 1 N–H and O–H groups in total. The summed E-state index contributed by atoms with van der Waals surface area (Å²) in [5.41, 5.74) is 1.18. The first kappa shape index (κ1) is 18.9. The number of aromatic nitrogens is 3. The van der Waals surface area contributed by atoms with Crippen molar-refractivity contribution in [3.8, 4) is 0 Å². The summed E-state index contributed by atoms with van der Waals surface area (Å²) >= 11 is 0. The predicted octanol–water partition coefficient (Wildman–Crippen LogP) is 3.88. The van der Waals surface area contributed by atoms with Crippen molar-refractivity contribution in [3.05, 3.63) is 64.2 Å². The summed E-state index contributed by atoms with van der Waals surface area (Å²) in [5, 5.41) is 18.5. The minimum absolute atomic E-state index is 0.111. The maximum atomic E-state index is 11.8. The molecule has 2 aromatic heterocycles. The van der Waals surface area contributed by atoms with E-state index in [2.05, 4.69) is 44.7 Å². The van der Waals surface area contributed by atoms with Gasteiger partial charge in [-0.25, -0.2) is 9.97 Å². The number of piperidine rings is 1. The van der Waals surface area contributed by atoms with E-state index in [9.17, 15) is 10.1 Å². The van der Waals surface area contributed by atoms with Crippen LogP contribution < -0.4 is 10.2 Å². The molecular weight excluding hydrogens is 372 g/mol. The summed E-state index contributed by atoms with van der Waals surface area (Å²) in [6, 6.07) is 12.1. The zero-order valence-electron chi connectivity index (χ0n) is 16.1. The van der Waals surface area contributed by atoms with Crippen LogP contribution in [0.15, 0.2) is 47.2 Å². The van der Waals surface area contributed by atoms with Crippen molar-refractivity contribution in [2.24, 2.45) is 5.92 Å². The van der Waals surface area contributed by atoms with Gasteiger partial charge in [0.1, 0.15) is 12.1 Å². The first-order valence-corrected chi connectivity index (χ1v) is 9.59. The Balaban J connectivity index is 1.49. The van der Waals surface area contributed by atoms with Gasteiger partial charge >= 0.3 is 5.69 Å². The van der Waals surface area contributed by atoms with Crippen molar-refractivity contribution in [3.63, 3.8) is 0 Å². The van der Waals surface area contributed by atoms with Crippen molar-refractivity contribution in [1.82, 2.24) is 15.1 Å². The minimum Gasteiger partial charge on any atom is -0.360 e. The molecule has 1 fully saturated rings. The van der Waals surface area contributed by atoms with Crippen LogP contribution in [0.25, 0.3) is 0 Å². The molecule has 0 spiro atoms. The molecule has 1 saturated heterocycles. The van der Waals surface area contributed by atoms with Crippen molar-refractivity contribution in [2.75, 3.05) is 23.3 Å². The van der Waals surface area contributed by atoms with E-state index in [0.29, 0.717) is 23.3 Å². The Morgan fingerprint density at radius 1 is 1.24 bits per heavy atom. The number of benzene rings is 1. The molecule has 0 bridgehead atoms. The third-order valence-electron chi connectivity index (χ3n) is 5.14. The van der Waals surface area contributed by atoms with Crippen LogP contribution in [0.1, 0.15) is 24.2 Å². The first-order chi connectivity index (χ1) is 14.1. The lowest BCUT2D eigenvalue weighted by molar-refractivity contribution is -0.383. The first-order valence-electron chi connectivity index (χ1n) is 9.59. The molecule has 1 aliphatic rings. The number of aryl methyl sites for hydroxylation is 1. The van der Waals surface area contributed by atoms with Gasteiger partial charge in [0.2, 0.25) is 11.6 Å². The van der Waals surface area contributed by atoms with Gasteiger partial charge in [-0.2, -0.15) is 0 Å². The lowest BCUT2D eigenvalue weighted by atomic mass is 9.90. The van der Waals surface area contributed by atoms with Crippen LogP contribution in [0.3, 0.4) is 0 Å². The molecule has 0 aliphatic carbocycles. The maximum Gasteiger partial charge on any atom is 0.353 e. The lowest BCUT2D eigenvalue weighted by Gasteiger charge is -2.32. The van der Waals surface area contributed by atoms with E-state index in [1.54, 1.807) is 13.0 Å². The topological polar surface area (TPSA) is 110 Å². The molecule has 3 heterocycles. The van der Waals surface area contributed by atoms with E-state index in [0.717, 1.165) is 32.4 Å². The zero-order valence-corrected chi connectivity index (χ0v) is 16.1. The van der Waals surface area contributed by atoms with E-state index in [1.807, 2.05) is 11.0 Å². The highest BCUT2D eigenvalue weighted by Crippen LogP contribution is 2.35. The van der Waals surface area contributed by atoms with Gasteiger partial charge in [0.15, 0.2) is 5.82 Å². The highest BCUT2D eigenvalue weighted by atomic mass is 16.6. The Kier molecular flexibility index (Phi) is 5.37. The van der Waals surface area contributed by atoms with Gasteiger partial charge in [-0.1, -0.05) is 35.5 Å². The quantitative estimate of drug-likeness (QED) is 0.495. The number of nitro groups is 1. The van der Waals surface area contributed by atoms with Gasteiger partial charge in [-0.05, 0) is 37.7 Å². The fraction of sp³-hybridized carbons (Fsp3) is 0.350. The molecule has 0 amide bonds. The lowest BCUT2D eigenvalue weighted by Crippen LogP contribution is -2.35. The molecule has 1 aliphatic heterocycles. The van der Waals surface area contributed by atoms with Gasteiger partial charge in [0, 0.05) is 19.2 Å². The fourth-order valence-electron chi connectivity index (χ4n) is 3.70. The SMILES string of the molecule is Cc1cc(Nc2ncnc(N3CCC(Cc4ccccc4)CC3)c2[N+](=O)[O-])no1. The molecule has 0 atom stereocenters. The fourth-order valence-corrected chi connectivity index (χ4v) is 3.70. The molecule has 1 aromatic carbocycles. The van der Waals surface area contributed by atoms with Gasteiger partial charge in [0.05, 0.1) is 4.92 Å².